The van der Waals surface area contributed by atoms with E-state index >= 15 is 0 Å². The van der Waals surface area contributed by atoms with E-state index in [9.17, 15) is 22.8 Å². The van der Waals surface area contributed by atoms with E-state index in [0.29, 0.717) is 0 Å². The maximum atomic E-state index is 12.3. The highest BCUT2D eigenvalue weighted by Crippen LogP contribution is 2.28. The molecule has 0 bridgehead atoms. The van der Waals surface area contributed by atoms with Gasteiger partial charge in [0.1, 0.15) is 12.0 Å². The minimum Gasteiger partial charge on any atom is -0.351 e. The molecule has 1 aliphatic carbocycles. The minimum atomic E-state index is -4.32. The Kier molecular flexibility index (Phi) is 9.76. The van der Waals surface area contributed by atoms with Crippen LogP contribution in [0.15, 0.2) is 48.2 Å². The molecule has 1 aromatic rings. The van der Waals surface area contributed by atoms with Gasteiger partial charge in [0, 0.05) is 36.8 Å². The number of carbonyl (C=O) groups is 2. The second-order valence-corrected chi connectivity index (χ2v) is 10.0. The lowest BCUT2D eigenvalue weighted by Crippen LogP contribution is -2.48. The van der Waals surface area contributed by atoms with Gasteiger partial charge >= 0.3 is 6.18 Å². The highest BCUT2D eigenvalue weighted by molar-refractivity contribution is 5.79. The first kappa shape index (κ1) is 28.7. The van der Waals surface area contributed by atoms with E-state index < -0.39 is 17.3 Å². The van der Waals surface area contributed by atoms with Gasteiger partial charge in [0.05, 0.1) is 5.41 Å². The molecule has 2 atom stereocenters. The van der Waals surface area contributed by atoms with Crippen molar-refractivity contribution in [2.45, 2.75) is 51.4 Å². The number of aldehydes is 1. The van der Waals surface area contributed by atoms with Gasteiger partial charge in [-0.2, -0.15) is 13.2 Å². The van der Waals surface area contributed by atoms with E-state index in [0.717, 1.165) is 56.6 Å². The lowest BCUT2D eigenvalue weighted by atomic mass is 9.77. The molecule has 0 aromatic carbocycles. The van der Waals surface area contributed by atoms with Crippen LogP contribution in [0, 0.1) is 11.3 Å². The smallest absolute Gasteiger partial charge is 0.351 e. The lowest BCUT2D eigenvalue weighted by molar-refractivity contribution is -0.141. The third-order valence-electron chi connectivity index (χ3n) is 6.01. The van der Waals surface area contributed by atoms with E-state index in [1.165, 1.54) is 12.1 Å². The summed E-state index contributed by atoms with van der Waals surface area (Å²) in [6.07, 6.45) is 5.12. The number of likely N-dealkylation sites (tertiary alicyclic amines) is 1. The van der Waals surface area contributed by atoms with Gasteiger partial charge in [-0.15, -0.1) is 0 Å². The largest absolute Gasteiger partial charge is 0.433 e. The Morgan fingerprint density at radius 3 is 2.34 bits per heavy atom. The zero-order chi connectivity index (χ0) is 26.3. The van der Waals surface area contributed by atoms with Crippen LogP contribution in [-0.2, 0) is 15.8 Å². The molecule has 1 amide bonds. The molecule has 1 saturated heterocycles. The number of pyridine rings is 1. The van der Waals surface area contributed by atoms with Gasteiger partial charge < -0.3 is 21.6 Å². The Morgan fingerprint density at radius 2 is 1.91 bits per heavy atom. The lowest BCUT2D eigenvalue weighted by Gasteiger charge is -2.35. The van der Waals surface area contributed by atoms with Crippen LogP contribution in [0.5, 0.6) is 0 Å². The Bertz CT molecular complexity index is 904. The SMILES string of the molecule is CC(C)(C)NC(=O)C1CCN(CC2=CC(N)C(C=O)(CN)C=C2)CC1.FC(F)(F)c1ccccn1. The van der Waals surface area contributed by atoms with Crippen molar-refractivity contribution in [1.29, 1.82) is 0 Å². The average Bonchev–Trinajstić information content (AvgIpc) is 2.79. The second-order valence-electron chi connectivity index (χ2n) is 10.0. The van der Waals surface area contributed by atoms with E-state index in [-0.39, 0.29) is 30.0 Å². The Hall–Kier alpha value is -2.56. The fourth-order valence-electron chi connectivity index (χ4n) is 3.90. The maximum Gasteiger partial charge on any atom is 0.433 e. The first-order valence-corrected chi connectivity index (χ1v) is 11.6. The van der Waals surface area contributed by atoms with Crippen molar-refractivity contribution in [2.24, 2.45) is 22.8 Å². The van der Waals surface area contributed by atoms with Crippen LogP contribution >= 0.6 is 0 Å². The highest BCUT2D eigenvalue weighted by atomic mass is 19.4. The molecule has 0 saturated carbocycles. The molecule has 1 fully saturated rings. The minimum absolute atomic E-state index is 0.0913. The first-order valence-electron chi connectivity index (χ1n) is 11.6. The molecular weight excluding hydrogens is 459 g/mol. The van der Waals surface area contributed by atoms with E-state index in [1.54, 1.807) is 0 Å². The fraction of sp³-hybridized carbons (Fsp3) is 0.560. The number of hydrogen-bond acceptors (Lipinski definition) is 6. The number of aromatic nitrogens is 1. The number of halogens is 3. The van der Waals surface area contributed by atoms with Crippen LogP contribution in [0.25, 0.3) is 0 Å². The molecule has 5 N–H and O–H groups in total. The zero-order valence-electron chi connectivity index (χ0n) is 20.5. The van der Waals surface area contributed by atoms with Gasteiger partial charge in [0.2, 0.25) is 5.91 Å². The van der Waals surface area contributed by atoms with Crippen molar-refractivity contribution in [3.8, 4) is 0 Å². The van der Waals surface area contributed by atoms with Gasteiger partial charge in [-0.3, -0.25) is 14.7 Å². The molecule has 0 radical (unpaired) electrons. The number of rotatable bonds is 5. The molecule has 1 aromatic heterocycles. The Labute approximate surface area is 204 Å². The molecule has 3 rings (SSSR count). The summed E-state index contributed by atoms with van der Waals surface area (Å²) in [5, 5.41) is 3.07. The zero-order valence-corrected chi connectivity index (χ0v) is 20.5. The molecule has 0 spiro atoms. The van der Waals surface area contributed by atoms with Crippen LogP contribution in [0.2, 0.25) is 0 Å². The fourth-order valence-corrected chi connectivity index (χ4v) is 3.90. The number of hydrogen-bond donors (Lipinski definition) is 3. The van der Waals surface area contributed by atoms with Crippen LogP contribution < -0.4 is 16.8 Å². The Balaban J connectivity index is 0.000000360. The summed E-state index contributed by atoms with van der Waals surface area (Å²) >= 11 is 0. The molecule has 194 valence electrons. The summed E-state index contributed by atoms with van der Waals surface area (Å²) < 4.78 is 35.2. The number of piperidine rings is 1. The first-order chi connectivity index (χ1) is 16.3. The number of nitrogens with two attached hydrogens (primary N) is 2. The molecule has 7 nitrogen and oxygen atoms in total. The van der Waals surface area contributed by atoms with Crippen molar-refractivity contribution in [2.75, 3.05) is 26.2 Å². The molecule has 10 heteroatoms. The van der Waals surface area contributed by atoms with Crippen molar-refractivity contribution in [3.05, 3.63) is 53.9 Å². The summed E-state index contributed by atoms with van der Waals surface area (Å²) in [6.45, 7) is 8.80. The number of carbonyl (C=O) groups excluding carboxylic acids is 2. The van der Waals surface area contributed by atoms with Gasteiger partial charge in [0.15, 0.2) is 0 Å². The topological polar surface area (TPSA) is 114 Å². The van der Waals surface area contributed by atoms with Crippen molar-refractivity contribution < 1.29 is 22.8 Å². The second kappa shape index (κ2) is 11.9. The summed E-state index contributed by atoms with van der Waals surface area (Å²) in [4.78, 5) is 29.1. The molecule has 2 aliphatic rings. The number of amides is 1. The van der Waals surface area contributed by atoms with Gasteiger partial charge in [-0.05, 0) is 64.4 Å². The summed E-state index contributed by atoms with van der Waals surface area (Å²) in [5.74, 6) is 0.248. The molecule has 2 heterocycles. The van der Waals surface area contributed by atoms with E-state index in [4.69, 9.17) is 11.5 Å². The third kappa shape index (κ3) is 8.55. The van der Waals surface area contributed by atoms with E-state index in [1.807, 2.05) is 39.0 Å². The normalized spacial score (nSPS) is 23.7. The Morgan fingerprint density at radius 1 is 1.26 bits per heavy atom. The number of nitrogens with zero attached hydrogens (tertiary/aromatic N) is 2. The van der Waals surface area contributed by atoms with Crippen LogP contribution in [0.1, 0.15) is 39.3 Å². The van der Waals surface area contributed by atoms with Gasteiger partial charge in [-0.25, -0.2) is 0 Å². The average molecular weight is 496 g/mol. The maximum absolute atomic E-state index is 12.3. The summed E-state index contributed by atoms with van der Waals surface area (Å²) in [7, 11) is 0. The summed E-state index contributed by atoms with van der Waals surface area (Å²) in [6, 6.07) is 3.29. The standard InChI is InChI=1S/C19H32N4O2.C6H4F3N/c1-18(2,3)22-17(25)15-5-8-23(9-6-15)11-14-4-7-19(12-20,13-24)16(21)10-14;7-6(8,9)5-3-1-2-4-10-5/h4,7,10,13,15-16H,5-6,8-9,11-12,20-21H2,1-3H3,(H,22,25);1-4H. The predicted molar refractivity (Wildman–Crippen MR) is 129 cm³/mol. The molecule has 1 aliphatic heterocycles. The molecule has 35 heavy (non-hydrogen) atoms. The van der Waals surface area contributed by atoms with Crippen LogP contribution in [0.3, 0.4) is 0 Å². The van der Waals surface area contributed by atoms with Crippen LogP contribution in [0.4, 0.5) is 13.2 Å². The quantitative estimate of drug-likeness (QED) is 0.541. The van der Waals surface area contributed by atoms with Crippen LogP contribution in [-0.4, -0.2) is 59.8 Å². The van der Waals surface area contributed by atoms with Gasteiger partial charge in [0.25, 0.3) is 0 Å². The van der Waals surface area contributed by atoms with Crippen molar-refractivity contribution in [1.82, 2.24) is 15.2 Å². The number of nitrogens with one attached hydrogen (secondary N) is 1. The highest BCUT2D eigenvalue weighted by Gasteiger charge is 2.34. The van der Waals surface area contributed by atoms with Gasteiger partial charge in [-0.1, -0.05) is 24.3 Å². The van der Waals surface area contributed by atoms with Crippen molar-refractivity contribution >= 4 is 12.2 Å². The van der Waals surface area contributed by atoms with E-state index in [2.05, 4.69) is 15.2 Å². The predicted octanol–water partition coefficient (Wildman–Crippen LogP) is 2.68. The molecular formula is C25H36F3N5O2. The molecule has 2 unspecified atom stereocenters. The monoisotopic (exact) mass is 495 g/mol. The number of alkyl halides is 3. The third-order valence-corrected chi connectivity index (χ3v) is 6.01. The van der Waals surface area contributed by atoms with Crippen molar-refractivity contribution in [3.63, 3.8) is 0 Å². The summed E-state index contributed by atoms with van der Waals surface area (Å²) in [5.41, 5.74) is 11.2.